The Morgan fingerprint density at radius 1 is 1.29 bits per heavy atom. The third-order valence-corrected chi connectivity index (χ3v) is 3.53. The minimum absolute atomic E-state index is 0. The predicted molar refractivity (Wildman–Crippen MR) is 81.3 cm³/mol. The maximum Gasteiger partial charge on any atom is 0.289 e. The molecule has 1 fully saturated rings. The summed E-state index contributed by atoms with van der Waals surface area (Å²) < 4.78 is 5.10. The van der Waals surface area contributed by atoms with Crippen molar-refractivity contribution in [2.45, 2.75) is 25.8 Å². The van der Waals surface area contributed by atoms with E-state index in [-0.39, 0.29) is 24.2 Å². The number of nitrogens with two attached hydrogens (primary N) is 1. The molecule has 2 amide bonds. The molecule has 6 nitrogen and oxygen atoms in total. The number of piperazine rings is 1. The fourth-order valence-corrected chi connectivity index (χ4v) is 2.36. The molecule has 1 unspecified atom stereocenters. The zero-order valence-electron chi connectivity index (χ0n) is 12.2. The highest BCUT2D eigenvalue weighted by molar-refractivity contribution is 5.91. The number of nitrogens with zero attached hydrogens (tertiary/aromatic N) is 2. The largest absolute Gasteiger partial charge is 0.459 e. The fourth-order valence-electron chi connectivity index (χ4n) is 2.36. The number of halogens is 1. The molecule has 2 rings (SSSR count). The van der Waals surface area contributed by atoms with Gasteiger partial charge in [-0.2, -0.15) is 0 Å². The van der Waals surface area contributed by atoms with E-state index in [0.717, 1.165) is 6.42 Å². The highest BCUT2D eigenvalue weighted by Crippen LogP contribution is 2.10. The summed E-state index contributed by atoms with van der Waals surface area (Å²) in [6.07, 6.45) is 3.07. The van der Waals surface area contributed by atoms with Gasteiger partial charge in [-0.15, -0.1) is 12.4 Å². The van der Waals surface area contributed by atoms with E-state index in [1.54, 1.807) is 21.9 Å². The standard InChI is InChI=1S/C14H21N3O3.ClH/c1-2-4-11(15)13(18)16-6-8-17(9-7-16)14(19)12-5-3-10-20-12;/h3,5,10-11H,2,4,6-9,15H2,1H3;1H. The topological polar surface area (TPSA) is 79.8 Å². The molecule has 1 aromatic heterocycles. The van der Waals surface area contributed by atoms with Crippen molar-refractivity contribution >= 4 is 24.2 Å². The van der Waals surface area contributed by atoms with E-state index in [4.69, 9.17) is 10.2 Å². The van der Waals surface area contributed by atoms with Crippen LogP contribution < -0.4 is 5.73 Å². The summed E-state index contributed by atoms with van der Waals surface area (Å²) in [5, 5.41) is 0. The van der Waals surface area contributed by atoms with Crippen molar-refractivity contribution in [1.29, 1.82) is 0 Å². The third-order valence-electron chi connectivity index (χ3n) is 3.53. The molecule has 1 saturated heterocycles. The Kier molecular flexibility index (Phi) is 6.71. The summed E-state index contributed by atoms with van der Waals surface area (Å²) >= 11 is 0. The van der Waals surface area contributed by atoms with Crippen LogP contribution in [0.3, 0.4) is 0 Å². The van der Waals surface area contributed by atoms with Crippen LogP contribution in [0.4, 0.5) is 0 Å². The summed E-state index contributed by atoms with van der Waals surface area (Å²) in [4.78, 5) is 27.6. The van der Waals surface area contributed by atoms with Gasteiger partial charge >= 0.3 is 0 Å². The minimum atomic E-state index is -0.424. The van der Waals surface area contributed by atoms with Crippen LogP contribution in [0.1, 0.15) is 30.3 Å². The molecule has 2 N–H and O–H groups in total. The van der Waals surface area contributed by atoms with Crippen LogP contribution in [0.25, 0.3) is 0 Å². The molecule has 7 heteroatoms. The van der Waals surface area contributed by atoms with Gasteiger partial charge in [0.2, 0.25) is 5.91 Å². The first kappa shape index (κ1) is 17.5. The Morgan fingerprint density at radius 2 is 1.90 bits per heavy atom. The van der Waals surface area contributed by atoms with Gasteiger partial charge in [0.1, 0.15) is 0 Å². The van der Waals surface area contributed by atoms with E-state index in [9.17, 15) is 9.59 Å². The van der Waals surface area contributed by atoms with Gasteiger partial charge in [-0.1, -0.05) is 13.3 Å². The Balaban J connectivity index is 0.00000220. The molecule has 118 valence electrons. The molecule has 1 atom stereocenters. The highest BCUT2D eigenvalue weighted by atomic mass is 35.5. The summed E-state index contributed by atoms with van der Waals surface area (Å²) in [5.41, 5.74) is 5.84. The second kappa shape index (κ2) is 8.05. The van der Waals surface area contributed by atoms with Crippen molar-refractivity contribution in [2.75, 3.05) is 26.2 Å². The van der Waals surface area contributed by atoms with Crippen molar-refractivity contribution in [3.63, 3.8) is 0 Å². The molecule has 0 spiro atoms. The monoisotopic (exact) mass is 315 g/mol. The summed E-state index contributed by atoms with van der Waals surface area (Å²) in [5.74, 6) is 0.198. The van der Waals surface area contributed by atoms with Crippen molar-refractivity contribution in [2.24, 2.45) is 5.73 Å². The lowest BCUT2D eigenvalue weighted by Gasteiger charge is -2.35. The van der Waals surface area contributed by atoms with Gasteiger partial charge in [0.15, 0.2) is 5.76 Å². The maximum absolute atomic E-state index is 12.1. The molecule has 0 aromatic carbocycles. The second-order valence-corrected chi connectivity index (χ2v) is 4.99. The van der Waals surface area contributed by atoms with Crippen LogP contribution in [-0.4, -0.2) is 53.8 Å². The van der Waals surface area contributed by atoms with E-state index < -0.39 is 6.04 Å². The minimum Gasteiger partial charge on any atom is -0.459 e. The molecule has 21 heavy (non-hydrogen) atoms. The summed E-state index contributed by atoms with van der Waals surface area (Å²) in [7, 11) is 0. The number of hydrogen-bond donors (Lipinski definition) is 1. The smallest absolute Gasteiger partial charge is 0.289 e. The zero-order valence-corrected chi connectivity index (χ0v) is 13.0. The van der Waals surface area contributed by atoms with E-state index in [2.05, 4.69) is 0 Å². The molecule has 0 radical (unpaired) electrons. The van der Waals surface area contributed by atoms with Crippen LogP contribution in [0.5, 0.6) is 0 Å². The van der Waals surface area contributed by atoms with Gasteiger partial charge in [-0.3, -0.25) is 9.59 Å². The molecular formula is C14H22ClN3O3. The van der Waals surface area contributed by atoms with E-state index >= 15 is 0 Å². The molecular weight excluding hydrogens is 294 g/mol. The van der Waals surface area contributed by atoms with E-state index in [1.807, 2.05) is 6.92 Å². The lowest BCUT2D eigenvalue weighted by Crippen LogP contribution is -2.54. The van der Waals surface area contributed by atoms with Gasteiger partial charge < -0.3 is 20.0 Å². The van der Waals surface area contributed by atoms with E-state index in [1.165, 1.54) is 6.26 Å². The van der Waals surface area contributed by atoms with Crippen molar-refractivity contribution in [3.8, 4) is 0 Å². The predicted octanol–water partition coefficient (Wildman–Crippen LogP) is 1.11. The van der Waals surface area contributed by atoms with Crippen LogP contribution in [0.15, 0.2) is 22.8 Å². The summed E-state index contributed by atoms with van der Waals surface area (Å²) in [6, 6.07) is 2.92. The van der Waals surface area contributed by atoms with Crippen molar-refractivity contribution in [3.05, 3.63) is 24.2 Å². The molecule has 0 aliphatic carbocycles. The zero-order chi connectivity index (χ0) is 14.5. The van der Waals surface area contributed by atoms with Gasteiger partial charge in [-0.25, -0.2) is 0 Å². The van der Waals surface area contributed by atoms with Crippen LogP contribution in [0, 0.1) is 0 Å². The summed E-state index contributed by atoms with van der Waals surface area (Å²) in [6.45, 7) is 4.10. The number of hydrogen-bond acceptors (Lipinski definition) is 4. The lowest BCUT2D eigenvalue weighted by molar-refractivity contribution is -0.134. The molecule has 0 bridgehead atoms. The first-order valence-electron chi connectivity index (χ1n) is 7.00. The van der Waals surface area contributed by atoms with Crippen molar-refractivity contribution in [1.82, 2.24) is 9.80 Å². The highest BCUT2D eigenvalue weighted by Gasteiger charge is 2.27. The fraction of sp³-hybridized carbons (Fsp3) is 0.571. The molecule has 1 aliphatic heterocycles. The first-order valence-corrected chi connectivity index (χ1v) is 7.00. The van der Waals surface area contributed by atoms with Crippen molar-refractivity contribution < 1.29 is 14.0 Å². The number of amides is 2. The normalized spacial score (nSPS) is 16.3. The van der Waals surface area contributed by atoms with E-state index in [0.29, 0.717) is 38.4 Å². The Hall–Kier alpha value is -1.53. The molecule has 2 heterocycles. The Morgan fingerprint density at radius 3 is 2.43 bits per heavy atom. The van der Waals surface area contributed by atoms with Gasteiger partial charge in [0.05, 0.1) is 12.3 Å². The quantitative estimate of drug-likeness (QED) is 0.902. The number of rotatable bonds is 4. The Labute approximate surface area is 130 Å². The van der Waals surface area contributed by atoms with Gasteiger partial charge in [0.25, 0.3) is 5.91 Å². The second-order valence-electron chi connectivity index (χ2n) is 4.99. The maximum atomic E-state index is 12.1. The molecule has 1 aromatic rings. The van der Waals surface area contributed by atoms with Crippen LogP contribution in [0.2, 0.25) is 0 Å². The Bertz CT molecular complexity index is 456. The van der Waals surface area contributed by atoms with Crippen LogP contribution in [-0.2, 0) is 4.79 Å². The van der Waals surface area contributed by atoms with Gasteiger partial charge in [0, 0.05) is 26.2 Å². The average Bonchev–Trinajstić information content (AvgIpc) is 3.00. The van der Waals surface area contributed by atoms with Gasteiger partial charge in [-0.05, 0) is 18.6 Å². The molecule has 1 aliphatic rings. The number of carbonyl (C=O) groups excluding carboxylic acids is 2. The first-order chi connectivity index (χ1) is 9.63. The SMILES string of the molecule is CCCC(N)C(=O)N1CCN(C(=O)c2ccco2)CC1.Cl. The lowest BCUT2D eigenvalue weighted by atomic mass is 10.1. The molecule has 0 saturated carbocycles. The average molecular weight is 316 g/mol. The van der Waals surface area contributed by atoms with Crippen LogP contribution >= 0.6 is 12.4 Å². The number of furan rings is 1. The number of carbonyl (C=O) groups is 2. The third kappa shape index (κ3) is 4.22.